The summed E-state index contributed by atoms with van der Waals surface area (Å²) < 4.78 is 0.912. The molecule has 1 aliphatic carbocycles. The van der Waals surface area contributed by atoms with Gasteiger partial charge in [0, 0.05) is 16.3 Å². The molecular weight excluding hydrogens is 286 g/mol. The quantitative estimate of drug-likeness (QED) is 0.758. The number of rotatable bonds is 5. The normalized spacial score (nSPS) is 27.8. The first-order valence-electron chi connectivity index (χ1n) is 7.94. The van der Waals surface area contributed by atoms with Gasteiger partial charge < -0.3 is 5.32 Å². The van der Waals surface area contributed by atoms with Gasteiger partial charge in [-0.3, -0.25) is 0 Å². The molecule has 1 aromatic rings. The lowest BCUT2D eigenvalue weighted by Gasteiger charge is -2.44. The molecule has 3 unspecified atom stereocenters. The van der Waals surface area contributed by atoms with Gasteiger partial charge in [-0.2, -0.15) is 0 Å². The molecule has 1 heterocycles. The van der Waals surface area contributed by atoms with Gasteiger partial charge in [-0.05, 0) is 49.8 Å². The summed E-state index contributed by atoms with van der Waals surface area (Å²) in [6.45, 7) is 10.6. The zero-order valence-corrected chi connectivity index (χ0v) is 14.8. The van der Waals surface area contributed by atoms with Crippen molar-refractivity contribution in [3.63, 3.8) is 0 Å². The molecule has 114 valence electrons. The monoisotopic (exact) mass is 313 g/mol. The van der Waals surface area contributed by atoms with E-state index in [-0.39, 0.29) is 5.41 Å². The van der Waals surface area contributed by atoms with Crippen molar-refractivity contribution in [1.82, 2.24) is 5.32 Å². The van der Waals surface area contributed by atoms with Crippen LogP contribution in [-0.4, -0.2) is 12.6 Å². The van der Waals surface area contributed by atoms with E-state index in [0.29, 0.717) is 12.0 Å². The average molecular weight is 314 g/mol. The van der Waals surface area contributed by atoms with Crippen LogP contribution in [0.25, 0.3) is 0 Å². The van der Waals surface area contributed by atoms with E-state index in [1.165, 1.54) is 30.6 Å². The fourth-order valence-electron chi connectivity index (χ4n) is 3.64. The van der Waals surface area contributed by atoms with Crippen LogP contribution >= 0.6 is 22.9 Å². The van der Waals surface area contributed by atoms with E-state index in [0.717, 1.165) is 16.8 Å². The van der Waals surface area contributed by atoms with E-state index in [1.807, 2.05) is 6.07 Å². The predicted molar refractivity (Wildman–Crippen MR) is 90.9 cm³/mol. The van der Waals surface area contributed by atoms with Crippen LogP contribution in [0.2, 0.25) is 4.34 Å². The van der Waals surface area contributed by atoms with Gasteiger partial charge in [0.25, 0.3) is 0 Å². The van der Waals surface area contributed by atoms with Crippen molar-refractivity contribution in [2.24, 2.45) is 11.8 Å². The molecule has 1 fully saturated rings. The lowest BCUT2D eigenvalue weighted by atomic mass is 9.65. The Morgan fingerprint density at radius 1 is 1.35 bits per heavy atom. The van der Waals surface area contributed by atoms with Crippen molar-refractivity contribution >= 4 is 22.9 Å². The molecule has 0 aromatic carbocycles. The molecule has 1 nitrogen and oxygen atoms in total. The van der Waals surface area contributed by atoms with Crippen LogP contribution in [0.1, 0.15) is 58.3 Å². The second kappa shape index (κ2) is 6.81. The van der Waals surface area contributed by atoms with E-state index in [9.17, 15) is 0 Å². The van der Waals surface area contributed by atoms with Crippen molar-refractivity contribution < 1.29 is 0 Å². The minimum Gasteiger partial charge on any atom is -0.314 e. The first-order valence-corrected chi connectivity index (χ1v) is 9.13. The van der Waals surface area contributed by atoms with Gasteiger partial charge >= 0.3 is 0 Å². The highest BCUT2D eigenvalue weighted by Crippen LogP contribution is 2.45. The Labute approximate surface area is 133 Å². The summed E-state index contributed by atoms with van der Waals surface area (Å²) in [5.41, 5.74) is 0.212. The summed E-state index contributed by atoms with van der Waals surface area (Å²) in [6.07, 6.45) is 5.21. The summed E-state index contributed by atoms with van der Waals surface area (Å²) in [5, 5.41) is 3.81. The van der Waals surface area contributed by atoms with E-state index < -0.39 is 0 Å². The summed E-state index contributed by atoms with van der Waals surface area (Å²) in [6, 6.07) is 4.92. The van der Waals surface area contributed by atoms with E-state index in [4.69, 9.17) is 11.6 Å². The third-order valence-corrected chi connectivity index (χ3v) is 6.47. The van der Waals surface area contributed by atoms with Crippen molar-refractivity contribution in [3.8, 4) is 0 Å². The van der Waals surface area contributed by atoms with Gasteiger partial charge in [-0.15, -0.1) is 11.3 Å². The summed E-state index contributed by atoms with van der Waals surface area (Å²) >= 11 is 7.90. The van der Waals surface area contributed by atoms with Gasteiger partial charge in [0.2, 0.25) is 0 Å². The highest BCUT2D eigenvalue weighted by molar-refractivity contribution is 7.16. The van der Waals surface area contributed by atoms with Crippen LogP contribution in [0.15, 0.2) is 12.1 Å². The molecule has 0 aliphatic heterocycles. The van der Waals surface area contributed by atoms with Gasteiger partial charge in [-0.25, -0.2) is 0 Å². The standard InChI is InChI=1S/C17H28ClNS/c1-5-10-19-14-11-12(2)6-7-13(14)17(3,4)15-8-9-16(18)20-15/h8-9,12-14,19H,5-7,10-11H2,1-4H3. The highest BCUT2D eigenvalue weighted by atomic mass is 35.5. The molecule has 3 heteroatoms. The third kappa shape index (κ3) is 3.58. The Morgan fingerprint density at radius 2 is 2.10 bits per heavy atom. The van der Waals surface area contributed by atoms with Crippen LogP contribution in [0, 0.1) is 11.8 Å². The second-order valence-corrected chi connectivity index (χ2v) is 8.63. The zero-order valence-electron chi connectivity index (χ0n) is 13.2. The molecule has 2 rings (SSSR count). The molecule has 0 amide bonds. The predicted octanol–water partition coefficient (Wildman–Crippen LogP) is 5.48. The summed E-state index contributed by atoms with van der Waals surface area (Å²) in [4.78, 5) is 1.44. The topological polar surface area (TPSA) is 12.0 Å². The minimum atomic E-state index is 0.212. The molecule has 0 saturated heterocycles. The average Bonchev–Trinajstić information content (AvgIpc) is 2.83. The third-order valence-electron chi connectivity index (χ3n) is 4.90. The Morgan fingerprint density at radius 3 is 2.70 bits per heavy atom. The molecule has 1 aliphatic rings. The van der Waals surface area contributed by atoms with Gasteiger partial charge in [0.05, 0.1) is 4.34 Å². The number of nitrogens with one attached hydrogen (secondary N) is 1. The first kappa shape index (κ1) is 16.3. The van der Waals surface area contributed by atoms with Crippen LogP contribution in [0.3, 0.4) is 0 Å². The Hall–Kier alpha value is -0.0500. The van der Waals surface area contributed by atoms with Crippen LogP contribution in [-0.2, 0) is 5.41 Å². The van der Waals surface area contributed by atoms with Gasteiger partial charge in [0.15, 0.2) is 0 Å². The zero-order chi connectivity index (χ0) is 14.8. The summed E-state index contributed by atoms with van der Waals surface area (Å²) in [7, 11) is 0. The number of thiophene rings is 1. The maximum absolute atomic E-state index is 6.15. The minimum absolute atomic E-state index is 0.212. The van der Waals surface area contributed by atoms with Crippen LogP contribution in [0.4, 0.5) is 0 Å². The molecule has 0 bridgehead atoms. The van der Waals surface area contributed by atoms with Crippen LogP contribution in [0.5, 0.6) is 0 Å². The van der Waals surface area contributed by atoms with E-state index >= 15 is 0 Å². The number of hydrogen-bond donors (Lipinski definition) is 1. The first-order chi connectivity index (χ1) is 9.45. The molecule has 20 heavy (non-hydrogen) atoms. The smallest absolute Gasteiger partial charge is 0.0931 e. The fraction of sp³-hybridized carbons (Fsp3) is 0.765. The lowest BCUT2D eigenvalue weighted by molar-refractivity contribution is 0.147. The molecular formula is C17H28ClNS. The lowest BCUT2D eigenvalue weighted by Crippen LogP contribution is -2.48. The van der Waals surface area contributed by atoms with Crippen molar-refractivity contribution in [3.05, 3.63) is 21.3 Å². The largest absolute Gasteiger partial charge is 0.314 e. The molecule has 1 saturated carbocycles. The van der Waals surface area contributed by atoms with Crippen molar-refractivity contribution in [2.75, 3.05) is 6.54 Å². The van der Waals surface area contributed by atoms with Crippen LogP contribution < -0.4 is 5.32 Å². The number of hydrogen-bond acceptors (Lipinski definition) is 2. The van der Waals surface area contributed by atoms with E-state index in [2.05, 4.69) is 39.1 Å². The maximum atomic E-state index is 6.15. The molecule has 0 spiro atoms. The highest BCUT2D eigenvalue weighted by Gasteiger charge is 2.40. The Balaban J connectivity index is 2.18. The summed E-state index contributed by atoms with van der Waals surface area (Å²) in [5.74, 6) is 1.56. The Kier molecular flexibility index (Phi) is 5.56. The second-order valence-electron chi connectivity index (χ2n) is 6.91. The van der Waals surface area contributed by atoms with Gasteiger partial charge in [-0.1, -0.05) is 45.7 Å². The van der Waals surface area contributed by atoms with Crippen molar-refractivity contribution in [1.29, 1.82) is 0 Å². The molecule has 3 atom stereocenters. The number of halogens is 1. The Bertz CT molecular complexity index is 426. The molecule has 0 radical (unpaired) electrons. The SMILES string of the molecule is CCCNC1CC(C)CCC1C(C)(C)c1ccc(Cl)s1. The molecule has 1 aromatic heterocycles. The fourth-order valence-corrected chi connectivity index (χ4v) is 4.85. The molecule has 1 N–H and O–H groups in total. The van der Waals surface area contributed by atoms with Gasteiger partial charge in [0.1, 0.15) is 0 Å². The maximum Gasteiger partial charge on any atom is 0.0931 e. The van der Waals surface area contributed by atoms with E-state index in [1.54, 1.807) is 11.3 Å². The van der Waals surface area contributed by atoms with Crippen molar-refractivity contribution in [2.45, 2.75) is 64.8 Å².